The summed E-state index contributed by atoms with van der Waals surface area (Å²) in [5, 5.41) is 27.2. The lowest BCUT2D eigenvalue weighted by atomic mass is 9.90. The van der Waals surface area contributed by atoms with E-state index in [-0.39, 0.29) is 6.04 Å². The van der Waals surface area contributed by atoms with Crippen molar-refractivity contribution >= 4 is 17.7 Å². The van der Waals surface area contributed by atoms with Gasteiger partial charge in [0, 0.05) is 69.7 Å². The van der Waals surface area contributed by atoms with Gasteiger partial charge in [0.15, 0.2) is 0 Å². The first-order chi connectivity index (χ1) is 18.1. The molecule has 0 aromatic carbocycles. The molecule has 1 aromatic rings. The maximum atomic E-state index is 9.81. The fourth-order valence-corrected chi connectivity index (χ4v) is 4.75. The van der Waals surface area contributed by atoms with E-state index in [2.05, 4.69) is 40.1 Å². The summed E-state index contributed by atoms with van der Waals surface area (Å²) in [5.74, 6) is 1.15. The number of allylic oxidation sites excluding steroid dienone is 1. The minimum absolute atomic E-state index is 0.316. The summed E-state index contributed by atoms with van der Waals surface area (Å²) in [4.78, 5) is 14.0. The van der Waals surface area contributed by atoms with Crippen molar-refractivity contribution < 1.29 is 0 Å². The van der Waals surface area contributed by atoms with Gasteiger partial charge < -0.3 is 31.2 Å². The maximum Gasteiger partial charge on any atom is 0.128 e. The first kappa shape index (κ1) is 27.7. The van der Waals surface area contributed by atoms with Crippen molar-refractivity contribution in [2.24, 2.45) is 16.8 Å². The van der Waals surface area contributed by atoms with Gasteiger partial charge in [0.2, 0.25) is 0 Å². The highest BCUT2D eigenvalue weighted by Crippen LogP contribution is 2.27. The zero-order valence-corrected chi connectivity index (χ0v) is 22.0. The van der Waals surface area contributed by atoms with Crippen LogP contribution in [0.2, 0.25) is 0 Å². The Morgan fingerprint density at radius 2 is 2.24 bits per heavy atom. The Kier molecular flexibility index (Phi) is 10.5. The van der Waals surface area contributed by atoms with E-state index >= 15 is 0 Å². The lowest BCUT2D eigenvalue weighted by Crippen LogP contribution is -2.43. The van der Waals surface area contributed by atoms with Gasteiger partial charge in [-0.2, -0.15) is 5.26 Å². The van der Waals surface area contributed by atoms with Gasteiger partial charge in [0.05, 0.1) is 29.4 Å². The molecule has 0 bridgehead atoms. The van der Waals surface area contributed by atoms with Crippen LogP contribution in [0.25, 0.3) is 0 Å². The van der Waals surface area contributed by atoms with Crippen LogP contribution >= 0.6 is 0 Å². The molecule has 196 valence electrons. The SMILES string of the molecule is C=CNCCN(CCC1CCNC1)c1ccc(C2=NC(/C(C=N)=C/NC)=CN(C)C2C(C#N)C=C)cn1. The van der Waals surface area contributed by atoms with Crippen LogP contribution in [0.5, 0.6) is 0 Å². The Morgan fingerprint density at radius 1 is 1.41 bits per heavy atom. The Bertz CT molecular complexity index is 1060. The molecule has 1 fully saturated rings. The van der Waals surface area contributed by atoms with E-state index in [1.165, 1.54) is 12.6 Å². The highest BCUT2D eigenvalue weighted by Gasteiger charge is 2.32. The highest BCUT2D eigenvalue weighted by molar-refractivity contribution is 6.06. The van der Waals surface area contributed by atoms with Gasteiger partial charge in [-0.05, 0) is 50.2 Å². The summed E-state index contributed by atoms with van der Waals surface area (Å²) in [7, 11) is 3.71. The van der Waals surface area contributed by atoms with Crippen LogP contribution in [0.15, 0.2) is 72.4 Å². The summed E-state index contributed by atoms with van der Waals surface area (Å²) in [6, 6.07) is 6.09. The largest absolute Gasteiger partial charge is 0.393 e. The van der Waals surface area contributed by atoms with E-state index in [4.69, 9.17) is 15.4 Å². The fourth-order valence-electron chi connectivity index (χ4n) is 4.75. The monoisotopic (exact) mass is 501 g/mol. The van der Waals surface area contributed by atoms with Crippen LogP contribution in [0, 0.1) is 28.6 Å². The summed E-state index contributed by atoms with van der Waals surface area (Å²) >= 11 is 0. The molecule has 3 heterocycles. The van der Waals surface area contributed by atoms with Crippen molar-refractivity contribution in [1.82, 2.24) is 25.8 Å². The standard InChI is InChI=1S/C28H39N9/c1-5-22(15-29)28-27(35-25(20-36(28)4)24(16-30)18-31-3)23-7-8-26(34-19-23)37(14-12-32-6-2)13-10-21-9-11-33-17-21/h5-8,16,18-22,28,30-33H,1-2,9-14,17H2,3-4H3/b24-18+,30-16?. The van der Waals surface area contributed by atoms with Crippen molar-refractivity contribution in [1.29, 1.82) is 10.7 Å². The molecule has 3 atom stereocenters. The number of likely N-dealkylation sites (N-methyl/N-ethyl adjacent to an activating group) is 1. The van der Waals surface area contributed by atoms with Gasteiger partial charge >= 0.3 is 0 Å². The minimum atomic E-state index is -0.459. The third-order valence-electron chi connectivity index (χ3n) is 6.79. The molecule has 3 unspecified atom stereocenters. The van der Waals surface area contributed by atoms with E-state index in [0.717, 1.165) is 56.2 Å². The zero-order valence-electron chi connectivity index (χ0n) is 22.0. The molecule has 4 N–H and O–H groups in total. The van der Waals surface area contributed by atoms with Crippen molar-refractivity contribution in [3.8, 4) is 6.07 Å². The second kappa shape index (κ2) is 14.0. The third kappa shape index (κ3) is 7.08. The number of hydrogen-bond acceptors (Lipinski definition) is 9. The van der Waals surface area contributed by atoms with Gasteiger partial charge in [-0.15, -0.1) is 6.58 Å². The molecule has 2 aliphatic heterocycles. The maximum absolute atomic E-state index is 9.81. The van der Waals surface area contributed by atoms with Crippen molar-refractivity contribution in [3.63, 3.8) is 0 Å². The average Bonchev–Trinajstić information content (AvgIpc) is 3.44. The molecule has 0 aliphatic carbocycles. The summed E-state index contributed by atoms with van der Waals surface area (Å²) < 4.78 is 0. The second-order valence-electron chi connectivity index (χ2n) is 9.24. The quantitative estimate of drug-likeness (QED) is 0.176. The summed E-state index contributed by atoms with van der Waals surface area (Å²) in [6.07, 6.45) is 12.4. The van der Waals surface area contributed by atoms with Crippen LogP contribution < -0.4 is 20.9 Å². The number of rotatable bonds is 14. The highest BCUT2D eigenvalue weighted by atomic mass is 15.2. The van der Waals surface area contributed by atoms with Crippen LogP contribution in [0.1, 0.15) is 18.4 Å². The minimum Gasteiger partial charge on any atom is -0.393 e. The number of aliphatic imine (C=N–C) groups is 1. The molecule has 1 aromatic heterocycles. The zero-order chi connectivity index (χ0) is 26.6. The molecule has 0 amide bonds. The van der Waals surface area contributed by atoms with E-state index in [1.54, 1.807) is 25.5 Å². The molecule has 2 aliphatic rings. The first-order valence-corrected chi connectivity index (χ1v) is 12.7. The van der Waals surface area contributed by atoms with E-state index in [0.29, 0.717) is 17.2 Å². The fraction of sp³-hybridized carbons (Fsp3) is 0.429. The number of anilines is 1. The summed E-state index contributed by atoms with van der Waals surface area (Å²) in [5.41, 5.74) is 2.85. The number of nitriles is 1. The molecule has 0 radical (unpaired) electrons. The summed E-state index contributed by atoms with van der Waals surface area (Å²) in [6.45, 7) is 12.3. The van der Waals surface area contributed by atoms with Gasteiger partial charge in [0.1, 0.15) is 5.82 Å². The molecule has 9 heteroatoms. The molecule has 1 saturated heterocycles. The topological polar surface area (TPSA) is 115 Å². The number of hydrogen-bond donors (Lipinski definition) is 4. The number of aromatic nitrogens is 1. The Balaban J connectivity index is 1.92. The normalized spacial score (nSPS) is 20.2. The Hall–Kier alpha value is -3.90. The van der Waals surface area contributed by atoms with Gasteiger partial charge in [-0.25, -0.2) is 9.98 Å². The van der Waals surface area contributed by atoms with Crippen LogP contribution in [0.3, 0.4) is 0 Å². The lowest BCUT2D eigenvalue weighted by molar-refractivity contribution is 0.363. The van der Waals surface area contributed by atoms with Crippen molar-refractivity contribution in [3.05, 3.63) is 73.0 Å². The first-order valence-electron chi connectivity index (χ1n) is 12.7. The molecular weight excluding hydrogens is 462 g/mol. The van der Waals surface area contributed by atoms with Crippen molar-refractivity contribution in [2.45, 2.75) is 18.9 Å². The molecule has 9 nitrogen and oxygen atoms in total. The molecule has 37 heavy (non-hydrogen) atoms. The third-order valence-corrected chi connectivity index (χ3v) is 6.79. The van der Waals surface area contributed by atoms with Gasteiger partial charge in [-0.3, -0.25) is 0 Å². The van der Waals surface area contributed by atoms with Crippen LogP contribution in [-0.4, -0.2) is 74.7 Å². The molecule has 0 spiro atoms. The van der Waals surface area contributed by atoms with E-state index in [9.17, 15) is 5.26 Å². The number of nitrogens with one attached hydrogen (secondary N) is 4. The van der Waals surface area contributed by atoms with Crippen molar-refractivity contribution in [2.75, 3.05) is 51.7 Å². The lowest BCUT2D eigenvalue weighted by Gasteiger charge is -2.34. The number of pyridine rings is 1. The smallest absolute Gasteiger partial charge is 0.128 e. The van der Waals surface area contributed by atoms with E-state index < -0.39 is 5.92 Å². The van der Waals surface area contributed by atoms with E-state index in [1.807, 2.05) is 36.5 Å². The second-order valence-corrected chi connectivity index (χ2v) is 9.24. The van der Waals surface area contributed by atoms with Crippen LogP contribution in [0.4, 0.5) is 5.82 Å². The number of nitrogens with zero attached hydrogens (tertiary/aromatic N) is 5. The predicted molar refractivity (Wildman–Crippen MR) is 152 cm³/mol. The Labute approximate surface area is 220 Å². The average molecular weight is 502 g/mol. The molecular formula is C28H39N9. The molecule has 0 saturated carbocycles. The van der Waals surface area contributed by atoms with Crippen LogP contribution in [-0.2, 0) is 0 Å². The molecule has 3 rings (SSSR count). The van der Waals surface area contributed by atoms with Gasteiger partial charge in [-0.1, -0.05) is 12.7 Å². The Morgan fingerprint density at radius 3 is 2.84 bits per heavy atom. The predicted octanol–water partition coefficient (Wildman–Crippen LogP) is 2.64. The van der Waals surface area contributed by atoms with Gasteiger partial charge in [0.25, 0.3) is 0 Å².